The Kier molecular flexibility index (Phi) is 12.9. The molecule has 41 heavy (non-hydrogen) atoms. The molecule has 13 nitrogen and oxygen atoms in total. The molecule has 2 aromatic rings. The van der Waals surface area contributed by atoms with E-state index in [0.29, 0.717) is 5.69 Å². The van der Waals surface area contributed by atoms with E-state index in [9.17, 15) is 29.1 Å². The van der Waals surface area contributed by atoms with E-state index in [-0.39, 0.29) is 18.0 Å². The van der Waals surface area contributed by atoms with Gasteiger partial charge in [0.2, 0.25) is 5.91 Å². The highest BCUT2D eigenvalue weighted by Crippen LogP contribution is 2.17. The van der Waals surface area contributed by atoms with Crippen molar-refractivity contribution in [3.05, 3.63) is 54.2 Å². The van der Waals surface area contributed by atoms with Gasteiger partial charge in [0.05, 0.1) is 24.8 Å². The predicted octanol–water partition coefficient (Wildman–Crippen LogP) is 0.994. The number of ether oxygens (including phenoxy) is 1. The second-order valence-corrected chi connectivity index (χ2v) is 9.53. The van der Waals surface area contributed by atoms with E-state index in [2.05, 4.69) is 20.4 Å². The summed E-state index contributed by atoms with van der Waals surface area (Å²) in [6.45, 7) is 4.24. The van der Waals surface area contributed by atoms with Crippen molar-refractivity contribution in [2.75, 3.05) is 13.7 Å². The van der Waals surface area contributed by atoms with Crippen LogP contribution in [0.15, 0.2) is 48.5 Å². The van der Waals surface area contributed by atoms with E-state index in [1.807, 2.05) is 30.3 Å². The Morgan fingerprint density at radius 1 is 0.951 bits per heavy atom. The molecule has 1 heterocycles. The molecule has 14 heteroatoms. The van der Waals surface area contributed by atoms with Gasteiger partial charge in [0.25, 0.3) is 5.91 Å². The van der Waals surface area contributed by atoms with E-state index in [4.69, 9.17) is 14.4 Å². The second-order valence-electron chi connectivity index (χ2n) is 9.53. The first kappa shape index (κ1) is 32.9. The van der Waals surface area contributed by atoms with Crippen molar-refractivity contribution in [2.45, 2.75) is 51.7 Å². The number of carboxylic acids is 1. The first-order valence-corrected chi connectivity index (χ1v) is 12.8. The van der Waals surface area contributed by atoms with Crippen LogP contribution in [0.2, 0.25) is 0 Å². The normalized spacial score (nSPS) is 12.9. The molecule has 0 bridgehead atoms. The summed E-state index contributed by atoms with van der Waals surface area (Å²) < 4.78 is 15.0. The van der Waals surface area contributed by atoms with Gasteiger partial charge in [-0.15, -0.1) is 0 Å². The second kappa shape index (κ2) is 16.1. The van der Waals surface area contributed by atoms with Gasteiger partial charge in [-0.1, -0.05) is 50.2 Å². The number of amides is 2. The number of methoxy groups -OCH3 is 1. The zero-order valence-electron chi connectivity index (χ0n) is 23.2. The zero-order valence-corrected chi connectivity index (χ0v) is 23.2. The third kappa shape index (κ3) is 11.0. The van der Waals surface area contributed by atoms with Crippen molar-refractivity contribution >= 4 is 36.8 Å². The fourth-order valence-electron chi connectivity index (χ4n) is 3.71. The molecular weight excluding hydrogens is 537 g/mol. The van der Waals surface area contributed by atoms with E-state index >= 15 is 0 Å². The number of esters is 1. The summed E-state index contributed by atoms with van der Waals surface area (Å²) in [5, 5.41) is 24.3. The van der Waals surface area contributed by atoms with Gasteiger partial charge < -0.3 is 34.9 Å². The molecule has 4 N–H and O–H groups in total. The van der Waals surface area contributed by atoms with Crippen molar-refractivity contribution < 1.29 is 48.2 Å². The number of carbonyl (C=O) groups excluding carboxylic acids is 4. The summed E-state index contributed by atoms with van der Waals surface area (Å²) in [5.74, 6) is -6.20. The lowest BCUT2D eigenvalue weighted by Gasteiger charge is -2.28. The Hall–Kier alpha value is -4.30. The number of aromatic nitrogens is 1. The lowest BCUT2D eigenvalue weighted by molar-refractivity contribution is -0.149. The predicted molar refractivity (Wildman–Crippen MR) is 146 cm³/mol. The molecular formula is C27H34BN3O10. The van der Waals surface area contributed by atoms with Crippen LogP contribution in [-0.4, -0.2) is 83.8 Å². The third-order valence-corrected chi connectivity index (χ3v) is 5.62. The number of hydrogen-bond donors (Lipinski definition) is 4. The maximum absolute atomic E-state index is 13.3. The van der Waals surface area contributed by atoms with Gasteiger partial charge in [0.15, 0.2) is 0 Å². The molecule has 1 aromatic heterocycles. The monoisotopic (exact) mass is 571 g/mol. The third-order valence-electron chi connectivity index (χ3n) is 5.62. The largest absolute Gasteiger partial charge is 0.551 e. The summed E-state index contributed by atoms with van der Waals surface area (Å²) in [4.78, 5) is 65.4. The highest BCUT2D eigenvalue weighted by atomic mass is 16.6. The number of benzene rings is 1. The molecule has 1 aromatic carbocycles. The topological polar surface area (TPSA) is 190 Å². The molecule has 2 amide bonds. The van der Waals surface area contributed by atoms with Crippen LogP contribution in [0.3, 0.4) is 0 Å². The molecule has 3 atom stereocenters. The summed E-state index contributed by atoms with van der Waals surface area (Å²) >= 11 is 0. The Balaban J connectivity index is 2.26. The number of carboxylic acid groups (broad SMARTS) is 1. The molecule has 2 rings (SSSR count). The fraction of sp³-hybridized carbons (Fsp3) is 0.407. The number of hydrogen-bond acceptors (Lipinski definition) is 10. The van der Waals surface area contributed by atoms with Crippen LogP contribution in [0.1, 0.15) is 44.1 Å². The first-order valence-electron chi connectivity index (χ1n) is 12.8. The standard InChI is InChI=1S/C27H34BN3O10/c1-16(2)13-21(28(40-15-24(36)39-4)41-23(35)14-22(33)34)30-27(38)25(17(3)32)31-26(37)20-12-8-11-19(29-20)18-9-6-5-7-10-18/h5-12,16-17,21,25,32H,13-15H2,1-4H3,(H,30,38)(H,31,37)(H,33,34)/t17-,21+,25?/m1/s1. The van der Waals surface area contributed by atoms with Crippen molar-refractivity contribution in [1.29, 1.82) is 0 Å². The maximum Gasteiger partial charge on any atom is 0.551 e. The van der Waals surface area contributed by atoms with Crippen LogP contribution in [0.25, 0.3) is 11.3 Å². The molecule has 0 saturated carbocycles. The lowest BCUT2D eigenvalue weighted by Crippen LogP contribution is -2.59. The fourth-order valence-corrected chi connectivity index (χ4v) is 3.71. The number of nitrogens with one attached hydrogen (secondary N) is 2. The smallest absolute Gasteiger partial charge is 0.508 e. The van der Waals surface area contributed by atoms with Crippen LogP contribution in [0, 0.1) is 5.92 Å². The molecule has 0 fully saturated rings. The first-order chi connectivity index (χ1) is 19.4. The van der Waals surface area contributed by atoms with Gasteiger partial charge in [-0.05, 0) is 31.4 Å². The average molecular weight is 571 g/mol. The SMILES string of the molecule is COC(=O)COB(OC(=O)CC(=O)O)[C@H](CC(C)C)NC(=O)C(NC(=O)c1cccc(-c2ccccc2)n1)[C@@H](C)O. The molecule has 0 aliphatic heterocycles. The molecule has 220 valence electrons. The molecule has 0 aliphatic rings. The van der Waals surface area contributed by atoms with Gasteiger partial charge >= 0.3 is 25.0 Å². The molecule has 1 unspecified atom stereocenters. The number of aliphatic carboxylic acids is 1. The van der Waals surface area contributed by atoms with Crippen LogP contribution in [0.4, 0.5) is 0 Å². The number of aliphatic hydroxyl groups excluding tert-OH is 1. The minimum Gasteiger partial charge on any atom is -0.508 e. The van der Waals surface area contributed by atoms with Crippen LogP contribution < -0.4 is 10.6 Å². The minimum absolute atomic E-state index is 0.00502. The number of aliphatic hydroxyl groups is 1. The van der Waals surface area contributed by atoms with Gasteiger partial charge in [-0.25, -0.2) is 9.78 Å². The van der Waals surface area contributed by atoms with Gasteiger partial charge in [0.1, 0.15) is 24.8 Å². The molecule has 0 spiro atoms. The van der Waals surface area contributed by atoms with Crippen LogP contribution >= 0.6 is 0 Å². The highest BCUT2D eigenvalue weighted by molar-refractivity contribution is 6.49. The van der Waals surface area contributed by atoms with Crippen LogP contribution in [-0.2, 0) is 33.2 Å². The van der Waals surface area contributed by atoms with E-state index in [1.54, 1.807) is 26.0 Å². The highest BCUT2D eigenvalue weighted by Gasteiger charge is 2.39. The number of pyridine rings is 1. The maximum atomic E-state index is 13.3. The van der Waals surface area contributed by atoms with Crippen molar-refractivity contribution in [3.8, 4) is 11.3 Å². The van der Waals surface area contributed by atoms with Crippen molar-refractivity contribution in [1.82, 2.24) is 15.6 Å². The Labute approximate surface area is 237 Å². The summed E-state index contributed by atoms with van der Waals surface area (Å²) in [7, 11) is -0.466. The van der Waals surface area contributed by atoms with Crippen LogP contribution in [0.5, 0.6) is 0 Å². The Bertz CT molecular complexity index is 1210. The molecule has 0 aliphatic carbocycles. The van der Waals surface area contributed by atoms with Crippen molar-refractivity contribution in [3.63, 3.8) is 0 Å². The quantitative estimate of drug-likeness (QED) is 0.135. The van der Waals surface area contributed by atoms with Gasteiger partial charge in [0, 0.05) is 5.56 Å². The number of nitrogens with zero attached hydrogens (tertiary/aromatic N) is 1. The average Bonchev–Trinajstić information content (AvgIpc) is 2.92. The zero-order chi connectivity index (χ0) is 30.5. The summed E-state index contributed by atoms with van der Waals surface area (Å²) in [6, 6.07) is 12.5. The number of rotatable bonds is 15. The Morgan fingerprint density at radius 2 is 1.63 bits per heavy atom. The molecule has 0 saturated heterocycles. The molecule has 0 radical (unpaired) electrons. The van der Waals surface area contributed by atoms with Crippen molar-refractivity contribution in [2.24, 2.45) is 5.92 Å². The van der Waals surface area contributed by atoms with Gasteiger partial charge in [-0.2, -0.15) is 0 Å². The Morgan fingerprint density at radius 3 is 2.22 bits per heavy atom. The summed E-state index contributed by atoms with van der Waals surface area (Å²) in [6.07, 6.45) is -2.19. The van der Waals surface area contributed by atoms with Gasteiger partial charge in [-0.3, -0.25) is 19.2 Å². The lowest BCUT2D eigenvalue weighted by atomic mass is 9.73. The van der Waals surface area contributed by atoms with E-state index in [0.717, 1.165) is 12.7 Å². The van der Waals surface area contributed by atoms with E-state index in [1.165, 1.54) is 13.0 Å². The number of carbonyl (C=O) groups is 5. The van der Waals surface area contributed by atoms with E-state index < -0.39 is 68.0 Å². The summed E-state index contributed by atoms with van der Waals surface area (Å²) in [5.41, 5.74) is 1.31. The minimum atomic E-state index is -1.58.